The summed E-state index contributed by atoms with van der Waals surface area (Å²) in [5.41, 5.74) is 0.884. The summed E-state index contributed by atoms with van der Waals surface area (Å²) in [6, 6.07) is 10.9. The van der Waals surface area contributed by atoms with Crippen molar-refractivity contribution in [3.63, 3.8) is 0 Å². The Hall–Kier alpha value is -4.08. The van der Waals surface area contributed by atoms with Gasteiger partial charge in [-0.2, -0.15) is 0 Å². The Morgan fingerprint density at radius 1 is 1.03 bits per heavy atom. The number of nitrogens with zero attached hydrogens (tertiary/aromatic N) is 5. The highest BCUT2D eigenvalue weighted by molar-refractivity contribution is 6.09. The van der Waals surface area contributed by atoms with E-state index >= 15 is 0 Å². The normalized spacial score (nSPS) is 13.5. The lowest BCUT2D eigenvalue weighted by atomic mass is 10.1. The van der Waals surface area contributed by atoms with Gasteiger partial charge in [0, 0.05) is 37.8 Å². The second kappa shape index (κ2) is 7.98. The van der Waals surface area contributed by atoms with E-state index in [0.717, 1.165) is 12.1 Å². The third-order valence-electron chi connectivity index (χ3n) is 5.07. The fraction of sp³-hybridized carbons (Fsp3) is 0.238. The number of hydrogen-bond donors (Lipinski definition) is 0. The lowest BCUT2D eigenvalue weighted by Gasteiger charge is -2.23. The lowest BCUT2D eigenvalue weighted by Crippen LogP contribution is -2.32. The second-order valence-corrected chi connectivity index (χ2v) is 7.11. The zero-order valence-corrected chi connectivity index (χ0v) is 16.9. The minimum atomic E-state index is -0.764. The standard InChI is InChI=1S/C21H19N5O5/c1-24-8-5-9-25(19-18(24)22-16-6-3-4-7-17(16)23-19)20(27)13-10-14(21(28)31-2)12-15(11-13)26(29)30/h3-4,6-7,10-12H,5,8-9H2,1-2H3. The number of esters is 1. The molecule has 158 valence electrons. The van der Waals surface area contributed by atoms with Crippen LogP contribution in [0.5, 0.6) is 0 Å². The molecule has 0 N–H and O–H groups in total. The summed E-state index contributed by atoms with van der Waals surface area (Å²) >= 11 is 0. The molecule has 1 aromatic heterocycles. The highest BCUT2D eigenvalue weighted by Crippen LogP contribution is 2.31. The van der Waals surface area contributed by atoms with Gasteiger partial charge in [0.2, 0.25) is 0 Å². The number of benzene rings is 2. The highest BCUT2D eigenvalue weighted by Gasteiger charge is 2.29. The molecule has 0 unspecified atom stereocenters. The van der Waals surface area contributed by atoms with Crippen molar-refractivity contribution >= 4 is 40.2 Å². The summed E-state index contributed by atoms with van der Waals surface area (Å²) in [5.74, 6) is -0.354. The van der Waals surface area contributed by atoms with Crippen molar-refractivity contribution in [2.45, 2.75) is 6.42 Å². The summed E-state index contributed by atoms with van der Waals surface area (Å²) in [6.07, 6.45) is 0.648. The molecule has 1 aliphatic heterocycles. The summed E-state index contributed by atoms with van der Waals surface area (Å²) in [4.78, 5) is 48.9. The lowest BCUT2D eigenvalue weighted by molar-refractivity contribution is -0.384. The van der Waals surface area contributed by atoms with Gasteiger partial charge in [-0.05, 0) is 24.6 Å². The molecule has 0 saturated heterocycles. The van der Waals surface area contributed by atoms with E-state index in [2.05, 4.69) is 14.7 Å². The van der Waals surface area contributed by atoms with Crippen molar-refractivity contribution in [2.24, 2.45) is 0 Å². The van der Waals surface area contributed by atoms with Gasteiger partial charge in [-0.3, -0.25) is 19.8 Å². The van der Waals surface area contributed by atoms with Crippen molar-refractivity contribution in [3.8, 4) is 0 Å². The molecule has 10 heteroatoms. The molecule has 0 radical (unpaired) electrons. The molecule has 10 nitrogen and oxygen atoms in total. The van der Waals surface area contributed by atoms with Crippen LogP contribution in [0.2, 0.25) is 0 Å². The number of hydrogen-bond acceptors (Lipinski definition) is 8. The monoisotopic (exact) mass is 421 g/mol. The number of amides is 1. The number of carbonyl (C=O) groups is 2. The van der Waals surface area contributed by atoms with Gasteiger partial charge in [0.1, 0.15) is 0 Å². The van der Waals surface area contributed by atoms with E-state index in [1.165, 1.54) is 18.1 Å². The zero-order chi connectivity index (χ0) is 22.1. The SMILES string of the molecule is COC(=O)c1cc(C(=O)N2CCCN(C)c3nc4ccccc4nc32)cc([N+](=O)[O-])c1. The smallest absolute Gasteiger partial charge is 0.338 e. The van der Waals surface area contributed by atoms with Gasteiger partial charge in [0.05, 0.1) is 28.6 Å². The van der Waals surface area contributed by atoms with Crippen LogP contribution in [0.3, 0.4) is 0 Å². The number of nitro benzene ring substituents is 1. The van der Waals surface area contributed by atoms with Crippen molar-refractivity contribution in [2.75, 3.05) is 37.0 Å². The number of ether oxygens (including phenoxy) is 1. The van der Waals surface area contributed by atoms with E-state index in [-0.39, 0.29) is 16.8 Å². The molecule has 2 heterocycles. The molecule has 0 spiro atoms. The summed E-state index contributed by atoms with van der Waals surface area (Å²) in [7, 11) is 3.04. The third kappa shape index (κ3) is 3.75. The first-order chi connectivity index (χ1) is 14.9. The number of carbonyl (C=O) groups excluding carboxylic acids is 2. The summed E-state index contributed by atoms with van der Waals surface area (Å²) in [5, 5.41) is 11.4. The van der Waals surface area contributed by atoms with Crippen molar-refractivity contribution in [1.82, 2.24) is 9.97 Å². The van der Waals surface area contributed by atoms with Gasteiger partial charge >= 0.3 is 5.97 Å². The maximum atomic E-state index is 13.5. The minimum Gasteiger partial charge on any atom is -0.465 e. The second-order valence-electron chi connectivity index (χ2n) is 7.11. The molecule has 2 aromatic carbocycles. The van der Waals surface area contributed by atoms with Gasteiger partial charge in [0.25, 0.3) is 11.6 Å². The predicted octanol–water partition coefficient (Wildman–Crippen LogP) is 2.81. The first-order valence-electron chi connectivity index (χ1n) is 9.56. The molecule has 0 bridgehead atoms. The number of para-hydroxylation sites is 2. The molecule has 0 fully saturated rings. The van der Waals surface area contributed by atoms with Gasteiger partial charge in [0.15, 0.2) is 11.6 Å². The van der Waals surface area contributed by atoms with E-state index in [1.54, 1.807) is 6.07 Å². The first kappa shape index (κ1) is 20.2. The minimum absolute atomic E-state index is 0.0000571. The number of aromatic nitrogens is 2. The molecular formula is C21H19N5O5. The zero-order valence-electron chi connectivity index (χ0n) is 16.9. The number of nitro groups is 1. The van der Waals surface area contributed by atoms with E-state index in [9.17, 15) is 19.7 Å². The maximum absolute atomic E-state index is 13.5. The number of fused-ring (bicyclic) bond motifs is 2. The fourth-order valence-electron chi connectivity index (χ4n) is 3.53. The Kier molecular flexibility index (Phi) is 5.20. The van der Waals surface area contributed by atoms with Crippen LogP contribution in [0.15, 0.2) is 42.5 Å². The maximum Gasteiger partial charge on any atom is 0.338 e. The topological polar surface area (TPSA) is 119 Å². The van der Waals surface area contributed by atoms with Crippen LogP contribution < -0.4 is 9.80 Å². The molecule has 3 aromatic rings. The Balaban J connectivity index is 1.85. The molecule has 0 atom stereocenters. The number of non-ortho nitro benzene ring substituents is 1. The number of rotatable bonds is 3. The predicted molar refractivity (Wildman–Crippen MR) is 114 cm³/mol. The first-order valence-corrected chi connectivity index (χ1v) is 9.56. The van der Waals surface area contributed by atoms with Crippen LogP contribution in [0.25, 0.3) is 11.0 Å². The molecule has 1 amide bonds. The van der Waals surface area contributed by atoms with Crippen LogP contribution in [-0.2, 0) is 4.74 Å². The molecule has 1 aliphatic rings. The highest BCUT2D eigenvalue weighted by atomic mass is 16.6. The van der Waals surface area contributed by atoms with E-state index < -0.39 is 16.8 Å². The number of methoxy groups -OCH3 is 1. The summed E-state index contributed by atoms with van der Waals surface area (Å²) < 4.78 is 4.67. The van der Waals surface area contributed by atoms with Crippen LogP contribution >= 0.6 is 0 Å². The summed E-state index contributed by atoms with van der Waals surface area (Å²) in [6.45, 7) is 1.01. The Morgan fingerprint density at radius 3 is 2.32 bits per heavy atom. The van der Waals surface area contributed by atoms with Crippen LogP contribution in [0.4, 0.5) is 17.3 Å². The van der Waals surface area contributed by atoms with Crippen molar-refractivity contribution in [3.05, 3.63) is 63.7 Å². The van der Waals surface area contributed by atoms with Crippen LogP contribution in [0, 0.1) is 10.1 Å². The fourth-order valence-corrected chi connectivity index (χ4v) is 3.53. The van der Waals surface area contributed by atoms with Gasteiger partial charge < -0.3 is 9.64 Å². The van der Waals surface area contributed by atoms with E-state index in [0.29, 0.717) is 42.2 Å². The third-order valence-corrected chi connectivity index (χ3v) is 5.07. The Labute approximate surface area is 177 Å². The van der Waals surface area contributed by atoms with E-state index in [1.807, 2.05) is 30.1 Å². The molecule has 31 heavy (non-hydrogen) atoms. The van der Waals surface area contributed by atoms with Gasteiger partial charge in [-0.1, -0.05) is 12.1 Å². The average molecular weight is 421 g/mol. The van der Waals surface area contributed by atoms with Gasteiger partial charge in [-0.15, -0.1) is 0 Å². The van der Waals surface area contributed by atoms with Crippen LogP contribution in [-0.4, -0.2) is 54.0 Å². The Bertz CT molecular complexity index is 1210. The molecule has 4 rings (SSSR count). The van der Waals surface area contributed by atoms with E-state index in [4.69, 9.17) is 0 Å². The van der Waals surface area contributed by atoms with Crippen molar-refractivity contribution < 1.29 is 19.2 Å². The molecule has 0 saturated carbocycles. The molecular weight excluding hydrogens is 402 g/mol. The van der Waals surface area contributed by atoms with Crippen LogP contribution in [0.1, 0.15) is 27.1 Å². The Morgan fingerprint density at radius 2 is 1.68 bits per heavy atom. The number of anilines is 2. The van der Waals surface area contributed by atoms with Gasteiger partial charge in [-0.25, -0.2) is 14.8 Å². The largest absolute Gasteiger partial charge is 0.465 e. The average Bonchev–Trinajstić information content (AvgIpc) is 2.94. The molecule has 0 aliphatic carbocycles. The van der Waals surface area contributed by atoms with Crippen molar-refractivity contribution in [1.29, 1.82) is 0 Å². The quantitative estimate of drug-likeness (QED) is 0.360.